The third-order valence-corrected chi connectivity index (χ3v) is 4.53. The number of fused-ring (bicyclic) bond motifs is 1. The molecule has 0 saturated heterocycles. The summed E-state index contributed by atoms with van der Waals surface area (Å²) in [6.45, 7) is -2.04. The van der Waals surface area contributed by atoms with Gasteiger partial charge in [0, 0.05) is 18.7 Å². The first-order chi connectivity index (χ1) is 13.5. The minimum Gasteiger partial charge on any atom is -0.493 e. The molecule has 0 saturated carbocycles. The highest BCUT2D eigenvalue weighted by Gasteiger charge is 2.21. The Bertz CT molecular complexity index is 873. The van der Waals surface area contributed by atoms with Gasteiger partial charge in [0.15, 0.2) is 11.5 Å². The van der Waals surface area contributed by atoms with E-state index in [1.54, 1.807) is 4.90 Å². The molecule has 6 nitrogen and oxygen atoms in total. The number of ether oxygens (including phenoxy) is 2. The molecule has 1 aliphatic rings. The van der Waals surface area contributed by atoms with E-state index in [0.717, 1.165) is 12.0 Å². The van der Waals surface area contributed by atoms with Crippen LogP contribution >= 0.6 is 0 Å². The van der Waals surface area contributed by atoms with Crippen LogP contribution in [0.1, 0.15) is 21.5 Å². The van der Waals surface area contributed by atoms with Crippen LogP contribution in [0, 0.1) is 0 Å². The summed E-state index contributed by atoms with van der Waals surface area (Å²) >= 11 is 0. The summed E-state index contributed by atoms with van der Waals surface area (Å²) in [6.07, 6.45) is 0.776. The Hall–Kier alpha value is -3.16. The van der Waals surface area contributed by atoms with Crippen LogP contribution in [0.25, 0.3) is 0 Å². The summed E-state index contributed by atoms with van der Waals surface area (Å²) in [6, 6.07) is 11.8. The maximum absolute atomic E-state index is 12.4. The van der Waals surface area contributed by atoms with Crippen molar-refractivity contribution < 1.29 is 27.8 Å². The van der Waals surface area contributed by atoms with Crippen molar-refractivity contribution in [2.45, 2.75) is 19.6 Å². The molecule has 1 aliphatic heterocycles. The van der Waals surface area contributed by atoms with Gasteiger partial charge < -0.3 is 19.7 Å². The van der Waals surface area contributed by atoms with Gasteiger partial charge in [-0.2, -0.15) is 8.78 Å². The number of amides is 2. The predicted octanol–water partition coefficient (Wildman–Crippen LogP) is 2.61. The average Bonchev–Trinajstić information content (AvgIpc) is 2.71. The molecule has 0 atom stereocenters. The molecule has 0 aromatic heterocycles. The maximum Gasteiger partial charge on any atom is 0.387 e. The maximum atomic E-state index is 12.4. The third-order valence-electron chi connectivity index (χ3n) is 4.53. The van der Waals surface area contributed by atoms with Crippen LogP contribution < -0.4 is 14.8 Å². The van der Waals surface area contributed by atoms with Crippen molar-refractivity contribution in [3.05, 3.63) is 59.2 Å². The largest absolute Gasteiger partial charge is 0.493 e. The molecule has 0 bridgehead atoms. The summed E-state index contributed by atoms with van der Waals surface area (Å²) in [5, 5.41) is 2.56. The number of halogens is 2. The van der Waals surface area contributed by atoms with Gasteiger partial charge in [0.25, 0.3) is 5.91 Å². The highest BCUT2D eigenvalue weighted by Crippen LogP contribution is 2.29. The number of alkyl halides is 2. The highest BCUT2D eigenvalue weighted by atomic mass is 19.3. The van der Waals surface area contributed by atoms with E-state index >= 15 is 0 Å². The molecule has 2 aromatic carbocycles. The van der Waals surface area contributed by atoms with Crippen molar-refractivity contribution in [1.29, 1.82) is 0 Å². The van der Waals surface area contributed by atoms with Gasteiger partial charge in [-0.05, 0) is 35.7 Å². The lowest BCUT2D eigenvalue weighted by Crippen LogP contribution is -2.42. The normalized spacial score (nSPS) is 13.1. The van der Waals surface area contributed by atoms with Crippen molar-refractivity contribution in [3.8, 4) is 11.5 Å². The van der Waals surface area contributed by atoms with Crippen LogP contribution in [-0.4, -0.2) is 43.5 Å². The average molecular weight is 390 g/mol. The first-order valence-electron chi connectivity index (χ1n) is 8.73. The van der Waals surface area contributed by atoms with Crippen molar-refractivity contribution >= 4 is 11.8 Å². The molecule has 3 rings (SSSR count). The first-order valence-corrected chi connectivity index (χ1v) is 8.73. The number of carbonyl (C=O) groups excluding carboxylic acids is 2. The van der Waals surface area contributed by atoms with Gasteiger partial charge in [-0.15, -0.1) is 0 Å². The number of nitrogens with zero attached hydrogens (tertiary/aromatic N) is 1. The number of methoxy groups -OCH3 is 1. The molecule has 1 N–H and O–H groups in total. The van der Waals surface area contributed by atoms with Crippen molar-refractivity contribution in [2.24, 2.45) is 0 Å². The molecule has 2 aromatic rings. The molecule has 0 unspecified atom stereocenters. The molecule has 148 valence electrons. The fourth-order valence-corrected chi connectivity index (χ4v) is 3.08. The molecule has 8 heteroatoms. The van der Waals surface area contributed by atoms with Gasteiger partial charge in [0.05, 0.1) is 13.7 Å². The Balaban J connectivity index is 1.59. The Morgan fingerprint density at radius 2 is 1.89 bits per heavy atom. The van der Waals surface area contributed by atoms with E-state index in [-0.39, 0.29) is 29.5 Å². The second-order valence-electron chi connectivity index (χ2n) is 6.26. The molecule has 0 fully saturated rings. The Kier molecular flexibility index (Phi) is 6.08. The molecule has 1 heterocycles. The minimum atomic E-state index is -3.00. The summed E-state index contributed by atoms with van der Waals surface area (Å²) < 4.78 is 34.1. The molecule has 0 aliphatic carbocycles. The SMILES string of the molecule is COc1cc(C(=O)NCC(=O)N2CCc3ccccc3C2)ccc1OC(F)F. The van der Waals surface area contributed by atoms with Gasteiger partial charge in [0.2, 0.25) is 5.91 Å². The smallest absolute Gasteiger partial charge is 0.387 e. The lowest BCUT2D eigenvalue weighted by atomic mass is 10.00. The second-order valence-corrected chi connectivity index (χ2v) is 6.26. The van der Waals surface area contributed by atoms with E-state index in [4.69, 9.17) is 4.74 Å². The van der Waals surface area contributed by atoms with Gasteiger partial charge in [0.1, 0.15) is 0 Å². The fraction of sp³-hybridized carbons (Fsp3) is 0.300. The molecular weight excluding hydrogens is 370 g/mol. The predicted molar refractivity (Wildman–Crippen MR) is 97.5 cm³/mol. The number of benzene rings is 2. The summed E-state index contributed by atoms with van der Waals surface area (Å²) in [7, 11) is 1.28. The molecular formula is C20H20F2N2O4. The summed E-state index contributed by atoms with van der Waals surface area (Å²) in [5.41, 5.74) is 2.51. The van der Waals surface area contributed by atoms with E-state index in [1.807, 2.05) is 24.3 Å². The quantitative estimate of drug-likeness (QED) is 0.823. The van der Waals surface area contributed by atoms with E-state index in [9.17, 15) is 18.4 Å². The standard InChI is InChI=1S/C20H20F2N2O4/c1-27-17-10-14(6-7-16(17)28-20(21)22)19(26)23-11-18(25)24-9-8-13-4-2-3-5-15(13)12-24/h2-7,10,20H,8-9,11-12H2,1H3,(H,23,26). The summed E-state index contributed by atoms with van der Waals surface area (Å²) in [4.78, 5) is 26.4. The highest BCUT2D eigenvalue weighted by molar-refractivity contribution is 5.97. The zero-order valence-electron chi connectivity index (χ0n) is 15.3. The van der Waals surface area contributed by atoms with Crippen molar-refractivity contribution in [2.75, 3.05) is 20.2 Å². The van der Waals surface area contributed by atoms with Gasteiger partial charge in [-0.3, -0.25) is 9.59 Å². The topological polar surface area (TPSA) is 67.9 Å². The van der Waals surface area contributed by atoms with Crippen LogP contribution in [-0.2, 0) is 17.8 Å². The molecule has 0 spiro atoms. The number of carbonyl (C=O) groups is 2. The number of rotatable bonds is 6. The van der Waals surface area contributed by atoms with E-state index < -0.39 is 12.5 Å². The Labute approximate surface area is 161 Å². The van der Waals surface area contributed by atoms with E-state index in [2.05, 4.69) is 10.1 Å². The number of hydrogen-bond donors (Lipinski definition) is 1. The summed E-state index contributed by atoms with van der Waals surface area (Å²) in [5.74, 6) is -0.857. The van der Waals surface area contributed by atoms with Gasteiger partial charge in [-0.25, -0.2) is 0 Å². The first kappa shape index (κ1) is 19.6. The van der Waals surface area contributed by atoms with Crippen LogP contribution in [0.2, 0.25) is 0 Å². The Morgan fingerprint density at radius 1 is 1.14 bits per heavy atom. The molecule has 0 radical (unpaired) electrons. The van der Waals surface area contributed by atoms with Crippen LogP contribution in [0.5, 0.6) is 11.5 Å². The fourth-order valence-electron chi connectivity index (χ4n) is 3.08. The monoisotopic (exact) mass is 390 g/mol. The van der Waals surface area contributed by atoms with Crippen LogP contribution in [0.15, 0.2) is 42.5 Å². The third kappa shape index (κ3) is 4.57. The van der Waals surface area contributed by atoms with Crippen molar-refractivity contribution in [3.63, 3.8) is 0 Å². The van der Waals surface area contributed by atoms with E-state index in [1.165, 1.54) is 30.9 Å². The molecule has 28 heavy (non-hydrogen) atoms. The lowest BCUT2D eigenvalue weighted by Gasteiger charge is -2.29. The van der Waals surface area contributed by atoms with Gasteiger partial charge in [-0.1, -0.05) is 24.3 Å². The number of nitrogens with one attached hydrogen (secondary N) is 1. The van der Waals surface area contributed by atoms with Crippen LogP contribution in [0.3, 0.4) is 0 Å². The second kappa shape index (κ2) is 8.69. The van der Waals surface area contributed by atoms with E-state index in [0.29, 0.717) is 13.1 Å². The minimum absolute atomic E-state index is 0.00640. The Morgan fingerprint density at radius 3 is 2.61 bits per heavy atom. The zero-order chi connectivity index (χ0) is 20.1. The van der Waals surface area contributed by atoms with Gasteiger partial charge >= 0.3 is 6.61 Å². The van der Waals surface area contributed by atoms with Crippen molar-refractivity contribution in [1.82, 2.24) is 10.2 Å². The number of hydrogen-bond acceptors (Lipinski definition) is 4. The lowest BCUT2D eigenvalue weighted by molar-refractivity contribution is -0.131. The van der Waals surface area contributed by atoms with Crippen LogP contribution in [0.4, 0.5) is 8.78 Å². The molecule has 2 amide bonds. The zero-order valence-corrected chi connectivity index (χ0v) is 15.3.